The third-order valence-corrected chi connectivity index (χ3v) is 5.94. The smallest absolute Gasteiger partial charge is 0.291 e. The monoisotopic (exact) mass is 435 g/mol. The van der Waals surface area contributed by atoms with E-state index in [2.05, 4.69) is 26.3 Å². The Bertz CT molecular complexity index is 795. The van der Waals surface area contributed by atoms with Crippen molar-refractivity contribution in [1.29, 1.82) is 0 Å². The molecule has 0 fully saturated rings. The summed E-state index contributed by atoms with van der Waals surface area (Å²) in [7, 11) is -3.89. The Morgan fingerprint density at radius 1 is 1.32 bits per heavy atom. The van der Waals surface area contributed by atoms with Crippen LogP contribution in [0.4, 0.5) is 19.0 Å². The third kappa shape index (κ3) is 4.10. The van der Waals surface area contributed by atoms with Crippen LogP contribution < -0.4 is 10.3 Å². The molecule has 0 saturated heterocycles. The van der Waals surface area contributed by atoms with Gasteiger partial charge >= 0.3 is 6.18 Å². The molecule has 0 bridgehead atoms. The van der Waals surface area contributed by atoms with Gasteiger partial charge in [-0.1, -0.05) is 11.6 Å². The van der Waals surface area contributed by atoms with Crippen molar-refractivity contribution in [2.75, 3.05) is 5.43 Å². The zero-order chi connectivity index (χ0) is 16.5. The highest BCUT2D eigenvalue weighted by atomic mass is 79.9. The van der Waals surface area contributed by atoms with Crippen LogP contribution in [-0.4, -0.2) is 13.4 Å². The molecule has 0 aromatic carbocycles. The fourth-order valence-electron chi connectivity index (χ4n) is 1.29. The van der Waals surface area contributed by atoms with E-state index in [1.165, 1.54) is 6.07 Å². The number of halogens is 5. The lowest BCUT2D eigenvalue weighted by atomic mass is 10.3. The van der Waals surface area contributed by atoms with Crippen molar-refractivity contribution in [2.45, 2.75) is 10.4 Å². The number of pyridine rings is 1. The number of hydrogen-bond acceptors (Lipinski definition) is 5. The fourth-order valence-corrected chi connectivity index (χ4v) is 4.36. The van der Waals surface area contributed by atoms with Crippen molar-refractivity contribution in [1.82, 2.24) is 9.82 Å². The summed E-state index contributed by atoms with van der Waals surface area (Å²) in [6.07, 6.45) is -4.04. The van der Waals surface area contributed by atoms with E-state index in [4.69, 9.17) is 11.6 Å². The molecule has 2 aromatic rings. The summed E-state index contributed by atoms with van der Waals surface area (Å²) in [5, 5.41) is -0.370. The van der Waals surface area contributed by atoms with Crippen molar-refractivity contribution >= 4 is 54.7 Å². The highest BCUT2D eigenvalue weighted by molar-refractivity contribution is 9.11. The molecule has 2 rings (SSSR count). The quantitative estimate of drug-likeness (QED) is 0.714. The van der Waals surface area contributed by atoms with Gasteiger partial charge in [-0.25, -0.2) is 13.4 Å². The Balaban J connectivity index is 2.15. The molecule has 0 atom stereocenters. The highest BCUT2D eigenvalue weighted by Gasteiger charge is 2.31. The molecule has 2 heterocycles. The molecular formula is C10H6BrClF3N3O2S2. The van der Waals surface area contributed by atoms with Gasteiger partial charge in [0.15, 0.2) is 5.82 Å². The number of anilines is 1. The normalized spacial score (nSPS) is 12.4. The van der Waals surface area contributed by atoms with Crippen LogP contribution in [0.2, 0.25) is 5.02 Å². The Hall–Kier alpha value is -0.880. The zero-order valence-corrected chi connectivity index (χ0v) is 14.3. The maximum atomic E-state index is 12.5. The van der Waals surface area contributed by atoms with Gasteiger partial charge in [0.2, 0.25) is 0 Å². The molecule has 0 aliphatic carbocycles. The van der Waals surface area contributed by atoms with Crippen molar-refractivity contribution in [3.05, 3.63) is 38.8 Å². The van der Waals surface area contributed by atoms with Crippen LogP contribution in [0.3, 0.4) is 0 Å². The molecule has 0 amide bonds. The first-order valence-corrected chi connectivity index (χ1v) is 8.82. The van der Waals surface area contributed by atoms with Crippen LogP contribution in [0, 0.1) is 0 Å². The summed E-state index contributed by atoms with van der Waals surface area (Å²) in [6, 6.07) is 3.55. The first-order chi connectivity index (χ1) is 10.1. The number of alkyl halides is 3. The van der Waals surface area contributed by atoms with Crippen LogP contribution in [0.1, 0.15) is 5.56 Å². The first kappa shape index (κ1) is 17.5. The minimum absolute atomic E-state index is 0.00918. The number of hydrogen-bond donors (Lipinski definition) is 2. The molecule has 12 heteroatoms. The lowest BCUT2D eigenvalue weighted by Gasteiger charge is -2.11. The van der Waals surface area contributed by atoms with Gasteiger partial charge in [-0.05, 0) is 34.1 Å². The lowest BCUT2D eigenvalue weighted by Crippen LogP contribution is -2.29. The Morgan fingerprint density at radius 2 is 2.00 bits per heavy atom. The maximum Gasteiger partial charge on any atom is 0.417 e. The standard InChI is InChI=1S/C10H6BrClF3N3O2S2/c11-7-1-2-8(21-7)22(19,20)18-17-9-6(12)3-5(4-16-9)10(13,14)15/h1-4,18H,(H,16,17). The molecule has 0 aliphatic heterocycles. The third-order valence-electron chi connectivity index (χ3n) is 2.29. The van der Waals surface area contributed by atoms with Crippen LogP contribution in [0.5, 0.6) is 0 Å². The van der Waals surface area contributed by atoms with Gasteiger partial charge in [0, 0.05) is 6.20 Å². The summed E-state index contributed by atoms with van der Waals surface area (Å²) in [5.74, 6) is -0.242. The fraction of sp³-hybridized carbons (Fsp3) is 0.100. The minimum atomic E-state index is -4.59. The molecule has 0 saturated carbocycles. The minimum Gasteiger partial charge on any atom is -0.291 e. The Morgan fingerprint density at radius 3 is 2.50 bits per heavy atom. The zero-order valence-electron chi connectivity index (χ0n) is 10.3. The molecule has 0 spiro atoms. The van der Waals surface area contributed by atoms with E-state index in [1.54, 1.807) is 6.07 Å². The second-order valence-electron chi connectivity index (χ2n) is 3.84. The Kier molecular flexibility index (Phi) is 5.02. The first-order valence-electron chi connectivity index (χ1n) is 5.35. The molecule has 2 aromatic heterocycles. The van der Waals surface area contributed by atoms with Crippen molar-refractivity contribution < 1.29 is 21.6 Å². The summed E-state index contributed by atoms with van der Waals surface area (Å²) >= 11 is 9.74. The van der Waals surface area contributed by atoms with Gasteiger partial charge in [-0.15, -0.1) is 16.2 Å². The van der Waals surface area contributed by atoms with Crippen LogP contribution in [-0.2, 0) is 16.2 Å². The Labute approximate surface area is 140 Å². The number of sulfonamides is 1. The number of nitrogens with zero attached hydrogens (tertiary/aromatic N) is 1. The molecule has 0 unspecified atom stereocenters. The van der Waals surface area contributed by atoms with Gasteiger partial charge in [0.1, 0.15) is 4.21 Å². The van der Waals surface area contributed by atoms with E-state index >= 15 is 0 Å². The van der Waals surface area contributed by atoms with E-state index in [0.29, 0.717) is 16.0 Å². The number of rotatable bonds is 4. The predicted octanol–water partition coefficient (Wildman–Crippen LogP) is 3.88. The van der Waals surface area contributed by atoms with E-state index in [-0.39, 0.29) is 15.0 Å². The molecule has 5 nitrogen and oxygen atoms in total. The number of nitrogens with one attached hydrogen (secondary N) is 2. The second kappa shape index (κ2) is 6.32. The van der Waals surface area contributed by atoms with Crippen molar-refractivity contribution in [3.8, 4) is 0 Å². The molecule has 120 valence electrons. The van der Waals surface area contributed by atoms with Gasteiger partial charge < -0.3 is 0 Å². The van der Waals surface area contributed by atoms with Gasteiger partial charge in [-0.3, -0.25) is 5.43 Å². The van der Waals surface area contributed by atoms with E-state index in [9.17, 15) is 21.6 Å². The summed E-state index contributed by atoms with van der Waals surface area (Å²) in [5.41, 5.74) is 1.15. The lowest BCUT2D eigenvalue weighted by molar-refractivity contribution is -0.137. The van der Waals surface area contributed by atoms with Crippen LogP contribution in [0.15, 0.2) is 32.4 Å². The molecule has 0 radical (unpaired) electrons. The van der Waals surface area contributed by atoms with Gasteiger partial charge in [-0.2, -0.15) is 13.2 Å². The van der Waals surface area contributed by atoms with Crippen molar-refractivity contribution in [2.24, 2.45) is 0 Å². The predicted molar refractivity (Wildman–Crippen MR) is 80.2 cm³/mol. The number of aromatic nitrogens is 1. The SMILES string of the molecule is O=S(=O)(NNc1ncc(C(F)(F)F)cc1Cl)c1ccc(Br)s1. The maximum absolute atomic E-state index is 12.5. The second-order valence-corrected chi connectivity index (χ2v) is 8.62. The van der Waals surface area contributed by atoms with E-state index < -0.39 is 21.8 Å². The topological polar surface area (TPSA) is 71.1 Å². The molecular weight excluding hydrogens is 431 g/mol. The molecule has 22 heavy (non-hydrogen) atoms. The average molecular weight is 437 g/mol. The van der Waals surface area contributed by atoms with Gasteiger partial charge in [0.05, 0.1) is 14.4 Å². The van der Waals surface area contributed by atoms with Gasteiger partial charge in [0.25, 0.3) is 10.0 Å². The van der Waals surface area contributed by atoms with Crippen LogP contribution in [0.25, 0.3) is 0 Å². The largest absolute Gasteiger partial charge is 0.417 e. The van der Waals surface area contributed by atoms with E-state index in [1.807, 2.05) is 4.83 Å². The van der Waals surface area contributed by atoms with Crippen molar-refractivity contribution in [3.63, 3.8) is 0 Å². The summed E-state index contributed by atoms with van der Waals surface area (Å²) in [6.45, 7) is 0. The number of hydrazine groups is 1. The van der Waals surface area contributed by atoms with Crippen LogP contribution >= 0.6 is 38.9 Å². The average Bonchev–Trinajstić information content (AvgIpc) is 2.84. The summed E-state index contributed by atoms with van der Waals surface area (Å²) < 4.78 is 61.9. The van der Waals surface area contributed by atoms with E-state index in [0.717, 1.165) is 11.3 Å². The highest BCUT2D eigenvalue weighted by Crippen LogP contribution is 2.32. The molecule has 0 aliphatic rings. The summed E-state index contributed by atoms with van der Waals surface area (Å²) in [4.78, 5) is 5.44. The number of thiophene rings is 1. The molecule has 2 N–H and O–H groups in total.